The van der Waals surface area contributed by atoms with Gasteiger partial charge < -0.3 is 14.8 Å². The lowest BCUT2D eigenvalue weighted by atomic mass is 10.1. The number of fused-ring (bicyclic) bond motifs is 1. The van der Waals surface area contributed by atoms with Gasteiger partial charge in [0, 0.05) is 39.9 Å². The first-order valence-corrected chi connectivity index (χ1v) is 10.1. The summed E-state index contributed by atoms with van der Waals surface area (Å²) in [6, 6.07) is 20.0. The van der Waals surface area contributed by atoms with Crippen LogP contribution in [0.4, 0.5) is 5.69 Å². The summed E-state index contributed by atoms with van der Waals surface area (Å²) in [6.07, 6.45) is 0. The van der Waals surface area contributed by atoms with Crippen molar-refractivity contribution < 1.29 is 14.3 Å². The van der Waals surface area contributed by atoms with Gasteiger partial charge in [-0.15, -0.1) is 0 Å². The quantitative estimate of drug-likeness (QED) is 0.429. The summed E-state index contributed by atoms with van der Waals surface area (Å²) >= 11 is 6.25. The number of aromatic nitrogens is 2. The van der Waals surface area contributed by atoms with Crippen molar-refractivity contribution in [1.82, 2.24) is 9.78 Å². The molecule has 31 heavy (non-hydrogen) atoms. The van der Waals surface area contributed by atoms with Crippen molar-refractivity contribution in [2.24, 2.45) is 0 Å². The Labute approximate surface area is 185 Å². The van der Waals surface area contributed by atoms with Crippen LogP contribution >= 0.6 is 11.6 Å². The Morgan fingerprint density at radius 1 is 1.00 bits per heavy atom. The van der Waals surface area contributed by atoms with E-state index in [1.807, 2.05) is 49.4 Å². The molecule has 0 aliphatic carbocycles. The fourth-order valence-corrected chi connectivity index (χ4v) is 3.63. The Hall–Kier alpha value is -3.51. The molecule has 0 fully saturated rings. The highest BCUT2D eigenvalue weighted by molar-refractivity contribution is 6.31. The number of carbonyl (C=O) groups is 1. The van der Waals surface area contributed by atoms with Crippen LogP contribution in [0.5, 0.6) is 11.5 Å². The predicted molar refractivity (Wildman–Crippen MR) is 123 cm³/mol. The molecule has 0 spiro atoms. The van der Waals surface area contributed by atoms with E-state index in [9.17, 15) is 4.79 Å². The van der Waals surface area contributed by atoms with Crippen LogP contribution in [0.15, 0.2) is 66.7 Å². The average Bonchev–Trinajstić information content (AvgIpc) is 3.17. The summed E-state index contributed by atoms with van der Waals surface area (Å²) in [5.74, 6) is 0.968. The summed E-state index contributed by atoms with van der Waals surface area (Å²) in [6.45, 7) is 1.81. The molecular weight excluding hydrogens is 414 g/mol. The van der Waals surface area contributed by atoms with Crippen molar-refractivity contribution in [3.8, 4) is 22.8 Å². The highest BCUT2D eigenvalue weighted by atomic mass is 35.5. The van der Waals surface area contributed by atoms with Gasteiger partial charge in [-0.05, 0) is 25.1 Å². The van der Waals surface area contributed by atoms with Crippen LogP contribution in [-0.2, 0) is 4.79 Å². The number of hydrogen-bond acceptors (Lipinski definition) is 4. The van der Waals surface area contributed by atoms with E-state index < -0.39 is 6.04 Å². The molecule has 7 heteroatoms. The van der Waals surface area contributed by atoms with Crippen molar-refractivity contribution in [3.63, 3.8) is 0 Å². The van der Waals surface area contributed by atoms with Crippen molar-refractivity contribution in [1.29, 1.82) is 0 Å². The zero-order valence-corrected chi connectivity index (χ0v) is 18.2. The number of carbonyl (C=O) groups excluding carboxylic acids is 1. The first-order chi connectivity index (χ1) is 15.0. The first-order valence-electron chi connectivity index (χ1n) is 9.77. The zero-order valence-electron chi connectivity index (χ0n) is 17.4. The van der Waals surface area contributed by atoms with E-state index in [2.05, 4.69) is 5.32 Å². The molecule has 1 amide bonds. The van der Waals surface area contributed by atoms with Crippen molar-refractivity contribution in [3.05, 3.63) is 71.8 Å². The van der Waals surface area contributed by atoms with Gasteiger partial charge in [0.25, 0.3) is 0 Å². The lowest BCUT2D eigenvalue weighted by Crippen LogP contribution is -2.24. The number of ether oxygens (including phenoxy) is 2. The number of methoxy groups -OCH3 is 2. The molecule has 6 nitrogen and oxygen atoms in total. The predicted octanol–water partition coefficient (Wildman–Crippen LogP) is 5.57. The number of amides is 1. The fourth-order valence-electron chi connectivity index (χ4n) is 3.46. The van der Waals surface area contributed by atoms with Crippen molar-refractivity contribution >= 4 is 34.1 Å². The highest BCUT2D eigenvalue weighted by Gasteiger charge is 2.22. The molecule has 0 bridgehead atoms. The van der Waals surface area contributed by atoms with E-state index in [1.54, 1.807) is 43.2 Å². The maximum absolute atomic E-state index is 13.1. The van der Waals surface area contributed by atoms with Gasteiger partial charge >= 0.3 is 0 Å². The molecule has 0 aliphatic rings. The maximum atomic E-state index is 13.1. The first kappa shape index (κ1) is 20.8. The molecule has 0 saturated carbocycles. The largest absolute Gasteiger partial charge is 0.497 e. The topological polar surface area (TPSA) is 65.4 Å². The summed E-state index contributed by atoms with van der Waals surface area (Å²) < 4.78 is 12.3. The van der Waals surface area contributed by atoms with Gasteiger partial charge in [-0.3, -0.25) is 9.48 Å². The lowest BCUT2D eigenvalue weighted by molar-refractivity contribution is -0.118. The molecule has 158 valence electrons. The number of anilines is 1. The molecule has 4 aromatic rings. The smallest absolute Gasteiger partial charge is 0.248 e. The number of nitrogens with zero attached hydrogens (tertiary/aromatic N) is 2. The second-order valence-corrected chi connectivity index (χ2v) is 7.52. The van der Waals surface area contributed by atoms with Crippen LogP contribution in [0.25, 0.3) is 22.2 Å². The number of benzene rings is 3. The van der Waals surface area contributed by atoms with E-state index in [0.717, 1.165) is 22.2 Å². The molecule has 0 saturated heterocycles. The second kappa shape index (κ2) is 8.70. The van der Waals surface area contributed by atoms with Gasteiger partial charge in [0.15, 0.2) is 0 Å². The number of rotatable bonds is 6. The highest BCUT2D eigenvalue weighted by Crippen LogP contribution is 2.32. The van der Waals surface area contributed by atoms with E-state index in [0.29, 0.717) is 22.2 Å². The molecule has 4 rings (SSSR count). The fraction of sp³-hybridized carbons (Fsp3) is 0.167. The molecule has 1 aromatic heterocycles. The van der Waals surface area contributed by atoms with E-state index in [-0.39, 0.29) is 5.91 Å². The van der Waals surface area contributed by atoms with E-state index in [4.69, 9.17) is 26.2 Å². The van der Waals surface area contributed by atoms with Crippen LogP contribution in [0.3, 0.4) is 0 Å². The minimum Gasteiger partial charge on any atom is -0.497 e. The number of halogens is 1. The van der Waals surface area contributed by atoms with Crippen LogP contribution < -0.4 is 14.8 Å². The monoisotopic (exact) mass is 435 g/mol. The van der Waals surface area contributed by atoms with Gasteiger partial charge in [-0.1, -0.05) is 41.9 Å². The molecular formula is C24H22ClN3O3. The standard InChI is InChI=1S/C24H22ClN3O3/c1-15(24(29)26-18-12-19(30-2)14-20(13-18)31-3)28-22-10-9-17(25)11-21(22)23(27-28)16-7-5-4-6-8-16/h4-15H,1-3H3,(H,26,29). The molecule has 3 aromatic carbocycles. The third-order valence-electron chi connectivity index (χ3n) is 5.08. The van der Waals surface area contributed by atoms with E-state index >= 15 is 0 Å². The minimum atomic E-state index is -0.571. The number of hydrogen-bond donors (Lipinski definition) is 1. The Bertz CT molecular complexity index is 1220. The molecule has 0 radical (unpaired) electrons. The SMILES string of the molecule is COc1cc(NC(=O)C(C)n2nc(-c3ccccc3)c3cc(Cl)ccc32)cc(OC)c1. The third kappa shape index (κ3) is 4.20. The van der Waals surface area contributed by atoms with Gasteiger partial charge in [0.05, 0.1) is 19.7 Å². The molecule has 0 aliphatic heterocycles. The number of nitrogens with one attached hydrogen (secondary N) is 1. The third-order valence-corrected chi connectivity index (χ3v) is 5.32. The van der Waals surface area contributed by atoms with Gasteiger partial charge in [-0.25, -0.2) is 0 Å². The molecule has 1 unspecified atom stereocenters. The van der Waals surface area contributed by atoms with Crippen LogP contribution in [-0.4, -0.2) is 29.9 Å². The second-order valence-electron chi connectivity index (χ2n) is 7.09. The molecule has 1 atom stereocenters. The summed E-state index contributed by atoms with van der Waals surface area (Å²) in [7, 11) is 3.13. The Balaban J connectivity index is 1.71. The average molecular weight is 436 g/mol. The van der Waals surface area contributed by atoms with Crippen molar-refractivity contribution in [2.75, 3.05) is 19.5 Å². The van der Waals surface area contributed by atoms with Gasteiger partial charge in [0.2, 0.25) is 5.91 Å². The summed E-state index contributed by atoms with van der Waals surface area (Å²) in [5, 5.41) is 9.21. The normalized spacial score (nSPS) is 11.9. The lowest BCUT2D eigenvalue weighted by Gasteiger charge is -2.15. The van der Waals surface area contributed by atoms with Crippen LogP contribution in [0, 0.1) is 0 Å². The Morgan fingerprint density at radius 3 is 2.32 bits per heavy atom. The summed E-state index contributed by atoms with van der Waals surface area (Å²) in [5.41, 5.74) is 3.14. The molecule has 1 N–H and O–H groups in total. The van der Waals surface area contributed by atoms with Crippen LogP contribution in [0.1, 0.15) is 13.0 Å². The van der Waals surface area contributed by atoms with Gasteiger partial charge in [0.1, 0.15) is 23.2 Å². The Kier molecular flexibility index (Phi) is 5.82. The van der Waals surface area contributed by atoms with Gasteiger partial charge in [-0.2, -0.15) is 5.10 Å². The minimum absolute atomic E-state index is 0.214. The van der Waals surface area contributed by atoms with Crippen LogP contribution in [0.2, 0.25) is 5.02 Å². The summed E-state index contributed by atoms with van der Waals surface area (Å²) in [4.78, 5) is 13.1. The zero-order chi connectivity index (χ0) is 22.0. The maximum Gasteiger partial charge on any atom is 0.248 e. The Morgan fingerprint density at radius 2 is 1.68 bits per heavy atom. The van der Waals surface area contributed by atoms with Crippen molar-refractivity contribution in [2.45, 2.75) is 13.0 Å². The van der Waals surface area contributed by atoms with E-state index in [1.165, 1.54) is 0 Å². The molecule has 1 heterocycles.